The van der Waals surface area contributed by atoms with E-state index in [0.29, 0.717) is 9.75 Å². The van der Waals surface area contributed by atoms with Crippen molar-refractivity contribution in [3.8, 4) is 10.4 Å². The Kier molecular flexibility index (Phi) is 6.78. The summed E-state index contributed by atoms with van der Waals surface area (Å²) < 4.78 is 13.8. The van der Waals surface area contributed by atoms with Crippen LogP contribution < -0.4 is 16.2 Å². The molecule has 0 aliphatic carbocycles. The SMILES string of the molecule is CC(NC(=O)c1ccc(Br)s1)C(=O)NNC(=O)c1ccc(-c2ccc(F)cc2)s1. The second-order valence-corrected chi connectivity index (χ2v) is 9.46. The molecule has 1 unspecified atom stereocenters. The molecule has 0 radical (unpaired) electrons. The smallest absolute Gasteiger partial charge is 0.279 e. The molecule has 1 atom stereocenters. The summed E-state index contributed by atoms with van der Waals surface area (Å²) in [5.41, 5.74) is 5.41. The predicted molar refractivity (Wildman–Crippen MR) is 114 cm³/mol. The van der Waals surface area contributed by atoms with Gasteiger partial charge in [0.15, 0.2) is 0 Å². The van der Waals surface area contributed by atoms with Crippen molar-refractivity contribution in [2.24, 2.45) is 0 Å². The summed E-state index contributed by atoms with van der Waals surface area (Å²) in [6.45, 7) is 1.51. The molecular weight excluding hydrogens is 481 g/mol. The minimum absolute atomic E-state index is 0.334. The van der Waals surface area contributed by atoms with Crippen LogP contribution in [0.15, 0.2) is 52.3 Å². The van der Waals surface area contributed by atoms with Gasteiger partial charge in [-0.1, -0.05) is 12.1 Å². The largest absolute Gasteiger partial charge is 0.340 e. The molecule has 0 saturated heterocycles. The zero-order chi connectivity index (χ0) is 21.0. The summed E-state index contributed by atoms with van der Waals surface area (Å²) >= 11 is 5.74. The molecule has 3 rings (SSSR count). The number of nitrogens with one attached hydrogen (secondary N) is 3. The van der Waals surface area contributed by atoms with Crippen LogP contribution in [0.5, 0.6) is 0 Å². The van der Waals surface area contributed by atoms with Crippen LogP contribution in [-0.4, -0.2) is 23.8 Å². The Balaban J connectivity index is 1.52. The Bertz CT molecular complexity index is 1050. The summed E-state index contributed by atoms with van der Waals surface area (Å²) in [5.74, 6) is -1.76. The maximum atomic E-state index is 13.0. The van der Waals surface area contributed by atoms with E-state index in [4.69, 9.17) is 0 Å². The van der Waals surface area contributed by atoms with Crippen LogP contribution in [0.25, 0.3) is 10.4 Å². The van der Waals surface area contributed by atoms with Crippen molar-refractivity contribution in [2.75, 3.05) is 0 Å². The standard InChI is InChI=1S/C19H15BrFN3O3S2/c1-10(22-18(26)14-8-9-16(20)29-14)17(25)23-24-19(27)15-7-6-13(28-15)11-2-4-12(21)5-3-11/h2-10H,1H3,(H,22,26)(H,23,25)(H,24,27). The van der Waals surface area contributed by atoms with E-state index in [2.05, 4.69) is 32.1 Å². The number of benzene rings is 1. The normalized spacial score (nSPS) is 11.6. The monoisotopic (exact) mass is 495 g/mol. The molecule has 0 bridgehead atoms. The third kappa shape index (κ3) is 5.49. The van der Waals surface area contributed by atoms with Gasteiger partial charge in [0.2, 0.25) is 0 Å². The highest BCUT2D eigenvalue weighted by atomic mass is 79.9. The van der Waals surface area contributed by atoms with Gasteiger partial charge in [-0.05, 0) is 64.8 Å². The average Bonchev–Trinajstić information content (AvgIpc) is 3.36. The lowest BCUT2D eigenvalue weighted by Gasteiger charge is -2.13. The molecule has 0 fully saturated rings. The third-order valence-corrected chi connectivity index (χ3v) is 6.55. The lowest BCUT2D eigenvalue weighted by Crippen LogP contribution is -2.50. The van der Waals surface area contributed by atoms with Crippen molar-refractivity contribution in [3.05, 3.63) is 67.9 Å². The maximum absolute atomic E-state index is 13.0. The topological polar surface area (TPSA) is 87.3 Å². The van der Waals surface area contributed by atoms with Crippen molar-refractivity contribution in [1.29, 1.82) is 0 Å². The van der Waals surface area contributed by atoms with Crippen molar-refractivity contribution in [2.45, 2.75) is 13.0 Å². The van der Waals surface area contributed by atoms with E-state index < -0.39 is 17.9 Å². The van der Waals surface area contributed by atoms with E-state index in [1.807, 2.05) is 0 Å². The summed E-state index contributed by atoms with van der Waals surface area (Å²) in [6.07, 6.45) is 0. The molecule has 0 saturated carbocycles. The minimum atomic E-state index is -0.846. The zero-order valence-electron chi connectivity index (χ0n) is 15.0. The third-order valence-electron chi connectivity index (χ3n) is 3.80. The molecule has 2 heterocycles. The highest BCUT2D eigenvalue weighted by Crippen LogP contribution is 2.28. The molecule has 2 aromatic heterocycles. The Hall–Kier alpha value is -2.56. The minimum Gasteiger partial charge on any atom is -0.340 e. The average molecular weight is 496 g/mol. The van der Waals surface area contributed by atoms with E-state index in [9.17, 15) is 18.8 Å². The molecule has 0 aliphatic rings. The lowest BCUT2D eigenvalue weighted by atomic mass is 10.2. The number of carbonyl (C=O) groups is 3. The number of amides is 3. The molecule has 0 spiro atoms. The Morgan fingerprint density at radius 2 is 1.55 bits per heavy atom. The highest BCUT2D eigenvalue weighted by Gasteiger charge is 2.19. The summed E-state index contributed by atoms with van der Waals surface area (Å²) in [4.78, 5) is 38.1. The molecule has 29 heavy (non-hydrogen) atoms. The molecule has 6 nitrogen and oxygen atoms in total. The number of hydrogen-bond donors (Lipinski definition) is 3. The number of hydrazine groups is 1. The van der Waals surface area contributed by atoms with Gasteiger partial charge in [0.1, 0.15) is 11.9 Å². The maximum Gasteiger partial charge on any atom is 0.279 e. The van der Waals surface area contributed by atoms with Gasteiger partial charge >= 0.3 is 0 Å². The molecule has 3 aromatic rings. The van der Waals surface area contributed by atoms with Gasteiger partial charge in [0.25, 0.3) is 17.7 Å². The first-order chi connectivity index (χ1) is 13.8. The first-order valence-electron chi connectivity index (χ1n) is 8.35. The fraction of sp³-hybridized carbons (Fsp3) is 0.105. The second-order valence-electron chi connectivity index (χ2n) is 5.91. The fourth-order valence-corrected chi connectivity index (χ4v) is 4.48. The van der Waals surface area contributed by atoms with Gasteiger partial charge < -0.3 is 5.32 Å². The Labute approximate surface area is 182 Å². The van der Waals surface area contributed by atoms with E-state index in [0.717, 1.165) is 14.2 Å². The van der Waals surface area contributed by atoms with E-state index in [-0.39, 0.29) is 11.7 Å². The molecule has 10 heteroatoms. The van der Waals surface area contributed by atoms with Crippen LogP contribution in [0.3, 0.4) is 0 Å². The van der Waals surface area contributed by atoms with Gasteiger partial charge in [0, 0.05) is 4.88 Å². The van der Waals surface area contributed by atoms with Crippen LogP contribution >= 0.6 is 38.6 Å². The Morgan fingerprint density at radius 1 is 0.897 bits per heavy atom. The molecule has 3 N–H and O–H groups in total. The van der Waals surface area contributed by atoms with Gasteiger partial charge in [-0.15, -0.1) is 22.7 Å². The summed E-state index contributed by atoms with van der Waals surface area (Å²) in [5, 5.41) is 2.56. The highest BCUT2D eigenvalue weighted by molar-refractivity contribution is 9.11. The van der Waals surface area contributed by atoms with Crippen LogP contribution in [0.4, 0.5) is 4.39 Å². The fourth-order valence-electron chi connectivity index (χ4n) is 2.29. The van der Waals surface area contributed by atoms with Crippen LogP contribution in [0.2, 0.25) is 0 Å². The van der Waals surface area contributed by atoms with E-state index in [1.165, 1.54) is 41.7 Å². The van der Waals surface area contributed by atoms with Gasteiger partial charge in [-0.2, -0.15) is 0 Å². The predicted octanol–water partition coefficient (Wildman–Crippen LogP) is 3.96. The van der Waals surface area contributed by atoms with Gasteiger partial charge in [0.05, 0.1) is 13.5 Å². The summed E-state index contributed by atoms with van der Waals surface area (Å²) in [6, 6.07) is 11.8. The van der Waals surface area contributed by atoms with E-state index in [1.54, 1.807) is 36.4 Å². The number of hydrogen-bond acceptors (Lipinski definition) is 5. The lowest BCUT2D eigenvalue weighted by molar-refractivity contribution is -0.123. The van der Waals surface area contributed by atoms with Crippen molar-refractivity contribution in [1.82, 2.24) is 16.2 Å². The van der Waals surface area contributed by atoms with Crippen LogP contribution in [0, 0.1) is 5.82 Å². The Morgan fingerprint density at radius 3 is 2.21 bits per heavy atom. The van der Waals surface area contributed by atoms with Crippen molar-refractivity contribution in [3.63, 3.8) is 0 Å². The molecule has 1 aromatic carbocycles. The van der Waals surface area contributed by atoms with E-state index >= 15 is 0 Å². The van der Waals surface area contributed by atoms with Gasteiger partial charge in [-0.3, -0.25) is 25.2 Å². The zero-order valence-corrected chi connectivity index (χ0v) is 18.2. The number of rotatable bonds is 5. The number of halogens is 2. The van der Waals surface area contributed by atoms with Crippen molar-refractivity contribution >= 4 is 56.3 Å². The second kappa shape index (κ2) is 9.29. The van der Waals surface area contributed by atoms with Crippen LogP contribution in [-0.2, 0) is 4.79 Å². The quantitative estimate of drug-likeness (QED) is 0.468. The van der Waals surface area contributed by atoms with Gasteiger partial charge in [-0.25, -0.2) is 4.39 Å². The van der Waals surface area contributed by atoms with Crippen LogP contribution in [0.1, 0.15) is 26.3 Å². The first kappa shape index (κ1) is 21.2. The first-order valence-corrected chi connectivity index (χ1v) is 10.8. The molecule has 0 aliphatic heterocycles. The summed E-state index contributed by atoms with van der Waals surface area (Å²) in [7, 11) is 0. The number of carbonyl (C=O) groups excluding carboxylic acids is 3. The molecule has 150 valence electrons. The number of thiophene rings is 2. The molecular formula is C19H15BrFN3O3S2. The van der Waals surface area contributed by atoms with Crippen molar-refractivity contribution < 1.29 is 18.8 Å². The molecule has 3 amide bonds.